The van der Waals surface area contributed by atoms with Crippen LogP contribution in [0.25, 0.3) is 10.9 Å². The summed E-state index contributed by atoms with van der Waals surface area (Å²) in [7, 11) is 0. The number of anilines is 1. The molecule has 0 saturated carbocycles. The lowest BCUT2D eigenvalue weighted by Gasteiger charge is -2.32. The molecule has 6 rings (SSSR count). The number of hydrogen-bond acceptors (Lipinski definition) is 6. The standard InChI is InChI=1S/C30H30N4O3/c35-30(32-23-12-14-34(15-13-23)19-21-6-2-1-3-7-21)25-17-29(33-26-9-5-4-8-24(25)26)31-18-22-10-11-27-28(16-22)37-20-36-27/h1-11,16-17,23H,12-15,18-20H2,(H,31,33)(H,32,35). The fourth-order valence-corrected chi connectivity index (χ4v) is 5.04. The molecule has 0 unspecified atom stereocenters. The van der Waals surface area contributed by atoms with Gasteiger partial charge in [-0.3, -0.25) is 9.69 Å². The van der Waals surface area contributed by atoms with Crippen LogP contribution in [0.1, 0.15) is 34.3 Å². The number of benzene rings is 3. The number of rotatable bonds is 7. The second-order valence-electron chi connectivity index (χ2n) is 9.62. The van der Waals surface area contributed by atoms with Gasteiger partial charge >= 0.3 is 0 Å². The van der Waals surface area contributed by atoms with Gasteiger partial charge < -0.3 is 20.1 Å². The Morgan fingerprint density at radius 2 is 1.68 bits per heavy atom. The number of carbonyl (C=O) groups is 1. The molecule has 0 aliphatic carbocycles. The minimum Gasteiger partial charge on any atom is -0.454 e. The summed E-state index contributed by atoms with van der Waals surface area (Å²) in [5.41, 5.74) is 3.81. The van der Waals surface area contributed by atoms with E-state index in [2.05, 4.69) is 39.8 Å². The summed E-state index contributed by atoms with van der Waals surface area (Å²) in [6.45, 7) is 3.71. The Morgan fingerprint density at radius 1 is 0.892 bits per heavy atom. The minimum atomic E-state index is -0.0498. The third-order valence-electron chi connectivity index (χ3n) is 7.04. The van der Waals surface area contributed by atoms with Crippen molar-refractivity contribution in [1.82, 2.24) is 15.2 Å². The van der Waals surface area contributed by atoms with Crippen molar-refractivity contribution in [1.29, 1.82) is 0 Å². The van der Waals surface area contributed by atoms with Crippen LogP contribution in [-0.2, 0) is 13.1 Å². The van der Waals surface area contributed by atoms with Crippen molar-refractivity contribution in [2.24, 2.45) is 0 Å². The lowest BCUT2D eigenvalue weighted by Crippen LogP contribution is -2.44. The van der Waals surface area contributed by atoms with Crippen molar-refractivity contribution in [2.45, 2.75) is 32.0 Å². The Labute approximate surface area is 216 Å². The van der Waals surface area contributed by atoms with Crippen molar-refractivity contribution in [3.63, 3.8) is 0 Å². The number of piperidine rings is 1. The maximum absolute atomic E-state index is 13.4. The van der Waals surface area contributed by atoms with Gasteiger partial charge in [0.25, 0.3) is 5.91 Å². The molecule has 2 aliphatic rings. The molecule has 3 aromatic carbocycles. The van der Waals surface area contributed by atoms with Crippen LogP contribution in [0.5, 0.6) is 11.5 Å². The van der Waals surface area contributed by atoms with Gasteiger partial charge in [-0.25, -0.2) is 4.98 Å². The Kier molecular flexibility index (Phi) is 6.60. The van der Waals surface area contributed by atoms with E-state index in [-0.39, 0.29) is 18.7 Å². The molecule has 1 aromatic heterocycles. The first-order valence-electron chi connectivity index (χ1n) is 12.8. The average molecular weight is 495 g/mol. The first-order chi connectivity index (χ1) is 18.2. The summed E-state index contributed by atoms with van der Waals surface area (Å²) in [4.78, 5) is 20.6. The van der Waals surface area contributed by atoms with E-state index in [0.717, 1.165) is 60.4 Å². The van der Waals surface area contributed by atoms with Crippen molar-refractivity contribution in [3.05, 3.63) is 95.6 Å². The number of hydrogen-bond donors (Lipinski definition) is 2. The van der Waals surface area contributed by atoms with Gasteiger partial charge in [-0.2, -0.15) is 0 Å². The van der Waals surface area contributed by atoms with Crippen LogP contribution in [0.4, 0.5) is 5.82 Å². The number of aromatic nitrogens is 1. The minimum absolute atomic E-state index is 0.0498. The fourth-order valence-electron chi connectivity index (χ4n) is 5.04. The van der Waals surface area contributed by atoms with E-state index in [4.69, 9.17) is 14.5 Å². The first kappa shape index (κ1) is 23.3. The van der Waals surface area contributed by atoms with Gasteiger partial charge in [0.15, 0.2) is 11.5 Å². The quantitative estimate of drug-likeness (QED) is 0.378. The summed E-state index contributed by atoms with van der Waals surface area (Å²) in [6, 6.07) is 26.2. The van der Waals surface area contributed by atoms with Crippen LogP contribution in [-0.4, -0.2) is 41.7 Å². The number of nitrogens with one attached hydrogen (secondary N) is 2. The van der Waals surface area contributed by atoms with Gasteiger partial charge in [-0.05, 0) is 48.2 Å². The van der Waals surface area contributed by atoms with Crippen LogP contribution >= 0.6 is 0 Å². The van der Waals surface area contributed by atoms with E-state index in [1.54, 1.807) is 0 Å². The monoisotopic (exact) mass is 494 g/mol. The maximum atomic E-state index is 13.4. The van der Waals surface area contributed by atoms with Crippen molar-refractivity contribution >= 4 is 22.6 Å². The second kappa shape index (κ2) is 10.5. The number of carbonyl (C=O) groups excluding carboxylic acids is 1. The van der Waals surface area contributed by atoms with Crippen LogP contribution < -0.4 is 20.1 Å². The van der Waals surface area contributed by atoms with Crippen LogP contribution in [0.2, 0.25) is 0 Å². The number of pyridine rings is 1. The fraction of sp³-hybridized carbons (Fsp3) is 0.267. The summed E-state index contributed by atoms with van der Waals surface area (Å²) in [5, 5.41) is 7.52. The molecule has 1 fully saturated rings. The molecule has 0 bridgehead atoms. The SMILES string of the molecule is O=C(NC1CCN(Cc2ccccc2)CC1)c1cc(NCc2ccc3c(c2)OCO3)nc2ccccc12. The van der Waals surface area contributed by atoms with Crippen LogP contribution in [0, 0.1) is 0 Å². The summed E-state index contributed by atoms with van der Waals surface area (Å²) >= 11 is 0. The highest BCUT2D eigenvalue weighted by Gasteiger charge is 2.22. The van der Waals surface area contributed by atoms with Crippen LogP contribution in [0.3, 0.4) is 0 Å². The molecule has 188 valence electrons. The number of para-hydroxylation sites is 1. The lowest BCUT2D eigenvalue weighted by molar-refractivity contribution is 0.0910. The number of nitrogens with zero attached hydrogens (tertiary/aromatic N) is 2. The second-order valence-corrected chi connectivity index (χ2v) is 9.62. The van der Waals surface area contributed by atoms with Crippen molar-refractivity contribution in [3.8, 4) is 11.5 Å². The molecule has 7 nitrogen and oxygen atoms in total. The zero-order chi connectivity index (χ0) is 25.0. The number of ether oxygens (including phenoxy) is 2. The van der Waals surface area contributed by atoms with Gasteiger partial charge in [-0.1, -0.05) is 54.6 Å². The number of amides is 1. The van der Waals surface area contributed by atoms with Gasteiger partial charge in [-0.15, -0.1) is 0 Å². The van der Waals surface area contributed by atoms with E-state index in [1.165, 1.54) is 5.56 Å². The molecule has 1 amide bonds. The van der Waals surface area contributed by atoms with Gasteiger partial charge in [0, 0.05) is 37.6 Å². The molecule has 0 atom stereocenters. The van der Waals surface area contributed by atoms with Gasteiger partial charge in [0.1, 0.15) is 5.82 Å². The molecular formula is C30H30N4O3. The predicted octanol–water partition coefficient (Wildman–Crippen LogP) is 4.97. The molecule has 2 N–H and O–H groups in total. The van der Waals surface area contributed by atoms with Gasteiger partial charge in [0.2, 0.25) is 6.79 Å². The smallest absolute Gasteiger partial charge is 0.252 e. The zero-order valence-corrected chi connectivity index (χ0v) is 20.7. The summed E-state index contributed by atoms with van der Waals surface area (Å²) in [6.07, 6.45) is 1.88. The predicted molar refractivity (Wildman–Crippen MR) is 144 cm³/mol. The third-order valence-corrected chi connectivity index (χ3v) is 7.04. The van der Waals surface area contributed by atoms with E-state index in [1.807, 2.05) is 54.6 Å². The van der Waals surface area contributed by atoms with Gasteiger partial charge in [0.05, 0.1) is 11.1 Å². The lowest BCUT2D eigenvalue weighted by atomic mass is 10.0. The summed E-state index contributed by atoms with van der Waals surface area (Å²) in [5.74, 6) is 2.13. The molecule has 0 radical (unpaired) electrons. The Morgan fingerprint density at radius 3 is 2.54 bits per heavy atom. The largest absolute Gasteiger partial charge is 0.454 e. The number of fused-ring (bicyclic) bond motifs is 2. The molecular weight excluding hydrogens is 464 g/mol. The van der Waals surface area contributed by atoms with Crippen molar-refractivity contribution in [2.75, 3.05) is 25.2 Å². The Balaban J connectivity index is 1.12. The van der Waals surface area contributed by atoms with E-state index < -0.39 is 0 Å². The molecule has 4 aromatic rings. The molecule has 3 heterocycles. The van der Waals surface area contributed by atoms with E-state index >= 15 is 0 Å². The van der Waals surface area contributed by atoms with Crippen LogP contribution in [0.15, 0.2) is 78.9 Å². The Hall–Kier alpha value is -4.10. The van der Waals surface area contributed by atoms with E-state index in [9.17, 15) is 4.79 Å². The highest BCUT2D eigenvalue weighted by atomic mass is 16.7. The Bertz CT molecular complexity index is 1400. The summed E-state index contributed by atoms with van der Waals surface area (Å²) < 4.78 is 10.9. The molecule has 7 heteroatoms. The molecule has 37 heavy (non-hydrogen) atoms. The molecule has 2 aliphatic heterocycles. The topological polar surface area (TPSA) is 75.7 Å². The maximum Gasteiger partial charge on any atom is 0.252 e. The average Bonchev–Trinajstić information content (AvgIpc) is 3.41. The molecule has 0 spiro atoms. The zero-order valence-electron chi connectivity index (χ0n) is 20.7. The highest BCUT2D eigenvalue weighted by Crippen LogP contribution is 2.32. The first-order valence-corrected chi connectivity index (χ1v) is 12.8. The van der Waals surface area contributed by atoms with E-state index in [0.29, 0.717) is 17.9 Å². The van der Waals surface area contributed by atoms with Crippen molar-refractivity contribution < 1.29 is 14.3 Å². The molecule has 1 saturated heterocycles. The highest BCUT2D eigenvalue weighted by molar-refractivity contribution is 6.07. The third kappa shape index (κ3) is 5.37. The normalized spacial score (nSPS) is 15.6. The number of likely N-dealkylation sites (tertiary alicyclic amines) is 1.